The normalized spacial score (nSPS) is 16.7. The Hall–Kier alpha value is -1.51. The Morgan fingerprint density at radius 2 is 1.75 bits per heavy atom. The molecule has 110 valence electrons. The van der Waals surface area contributed by atoms with Gasteiger partial charge >= 0.3 is 0 Å². The quantitative estimate of drug-likeness (QED) is 0.641. The third kappa shape index (κ3) is 3.99. The average molecular weight is 274 g/mol. The van der Waals surface area contributed by atoms with Gasteiger partial charge in [-0.25, -0.2) is 0 Å². The molecule has 0 saturated heterocycles. The van der Waals surface area contributed by atoms with E-state index in [4.69, 9.17) is 5.73 Å². The van der Waals surface area contributed by atoms with Crippen LogP contribution < -0.4 is 11.1 Å². The van der Waals surface area contributed by atoms with Gasteiger partial charge in [0.1, 0.15) is 0 Å². The molecule has 3 N–H and O–H groups in total. The van der Waals surface area contributed by atoms with Crippen molar-refractivity contribution in [2.75, 3.05) is 11.1 Å². The van der Waals surface area contributed by atoms with Crippen molar-refractivity contribution in [1.29, 1.82) is 0 Å². The maximum absolute atomic E-state index is 12.2. The lowest BCUT2D eigenvalue weighted by molar-refractivity contribution is -0.117. The fourth-order valence-corrected chi connectivity index (χ4v) is 2.98. The second kappa shape index (κ2) is 6.78. The first kappa shape index (κ1) is 14.9. The summed E-state index contributed by atoms with van der Waals surface area (Å²) in [5, 5.41) is 2.98. The molecule has 1 aliphatic carbocycles. The summed E-state index contributed by atoms with van der Waals surface area (Å²) in [5.41, 5.74) is 9.71. The topological polar surface area (TPSA) is 55.1 Å². The van der Waals surface area contributed by atoms with Crippen LogP contribution in [0.25, 0.3) is 0 Å². The van der Waals surface area contributed by atoms with Crippen LogP contribution in [0.2, 0.25) is 0 Å². The number of carbonyl (C=O) groups excluding carboxylic acids is 1. The third-order valence-corrected chi connectivity index (χ3v) is 4.39. The smallest absolute Gasteiger partial charge is 0.224 e. The minimum atomic E-state index is 0.104. The molecule has 1 amide bonds. The SMILES string of the molecule is Cc1cc(N)c(NC(=O)CC2CCCCCC2)cc1C. The molecule has 3 heteroatoms. The van der Waals surface area contributed by atoms with Gasteiger partial charge in [0.05, 0.1) is 11.4 Å². The molecule has 1 aromatic carbocycles. The van der Waals surface area contributed by atoms with Crippen LogP contribution in [0.3, 0.4) is 0 Å². The molecular formula is C17H26N2O. The van der Waals surface area contributed by atoms with Crippen LogP contribution in [0.15, 0.2) is 12.1 Å². The predicted octanol–water partition coefficient (Wildman–Crippen LogP) is 4.18. The number of aryl methyl sites for hydroxylation is 2. The van der Waals surface area contributed by atoms with E-state index in [9.17, 15) is 4.79 Å². The molecule has 0 unspecified atom stereocenters. The average Bonchev–Trinajstić information content (AvgIpc) is 2.64. The number of benzene rings is 1. The number of nitrogens with one attached hydrogen (secondary N) is 1. The molecule has 1 saturated carbocycles. The number of amides is 1. The van der Waals surface area contributed by atoms with E-state index in [2.05, 4.69) is 5.32 Å². The van der Waals surface area contributed by atoms with Crippen LogP contribution in [-0.4, -0.2) is 5.91 Å². The van der Waals surface area contributed by atoms with E-state index in [1.54, 1.807) is 0 Å². The van der Waals surface area contributed by atoms with Crippen molar-refractivity contribution in [2.45, 2.75) is 58.8 Å². The minimum absolute atomic E-state index is 0.104. The molecule has 20 heavy (non-hydrogen) atoms. The number of nitrogens with two attached hydrogens (primary N) is 1. The molecule has 0 atom stereocenters. The van der Waals surface area contributed by atoms with Crippen molar-refractivity contribution in [2.24, 2.45) is 5.92 Å². The number of rotatable bonds is 3. The van der Waals surface area contributed by atoms with Gasteiger partial charge in [-0.15, -0.1) is 0 Å². The lowest BCUT2D eigenvalue weighted by Gasteiger charge is -2.15. The summed E-state index contributed by atoms with van der Waals surface area (Å²) in [5.74, 6) is 0.650. The number of hydrogen-bond donors (Lipinski definition) is 2. The van der Waals surface area contributed by atoms with E-state index in [1.165, 1.54) is 38.5 Å². The van der Waals surface area contributed by atoms with Crippen LogP contribution in [0, 0.1) is 19.8 Å². The molecule has 0 heterocycles. The van der Waals surface area contributed by atoms with Gasteiger partial charge in [0.15, 0.2) is 0 Å². The number of hydrogen-bond acceptors (Lipinski definition) is 2. The first-order valence-corrected chi connectivity index (χ1v) is 7.73. The van der Waals surface area contributed by atoms with Crippen molar-refractivity contribution in [1.82, 2.24) is 0 Å². The Kier molecular flexibility index (Phi) is 5.05. The molecule has 3 nitrogen and oxygen atoms in total. The molecule has 1 aromatic rings. The minimum Gasteiger partial charge on any atom is -0.397 e. The Labute approximate surface area is 121 Å². The summed E-state index contributed by atoms with van der Waals surface area (Å²) < 4.78 is 0. The summed E-state index contributed by atoms with van der Waals surface area (Å²) in [6.45, 7) is 4.07. The summed E-state index contributed by atoms with van der Waals surface area (Å²) in [7, 11) is 0. The van der Waals surface area contributed by atoms with Gasteiger partial charge in [0.25, 0.3) is 0 Å². The molecule has 1 aliphatic rings. The van der Waals surface area contributed by atoms with Crippen LogP contribution in [0.5, 0.6) is 0 Å². The zero-order chi connectivity index (χ0) is 14.5. The highest BCUT2D eigenvalue weighted by atomic mass is 16.1. The largest absolute Gasteiger partial charge is 0.397 e. The van der Waals surface area contributed by atoms with Gasteiger partial charge in [-0.3, -0.25) is 4.79 Å². The van der Waals surface area contributed by atoms with Gasteiger partial charge < -0.3 is 11.1 Å². The monoisotopic (exact) mass is 274 g/mol. The molecule has 0 aromatic heterocycles. The van der Waals surface area contributed by atoms with Crippen LogP contribution in [-0.2, 0) is 4.79 Å². The molecule has 2 rings (SSSR count). The maximum atomic E-state index is 12.2. The summed E-state index contributed by atoms with van der Waals surface area (Å²) in [6, 6.07) is 3.90. The lowest BCUT2D eigenvalue weighted by Crippen LogP contribution is -2.17. The molecular weight excluding hydrogens is 248 g/mol. The fraction of sp³-hybridized carbons (Fsp3) is 0.588. The first-order valence-electron chi connectivity index (χ1n) is 7.73. The number of nitrogen functional groups attached to an aromatic ring is 1. The summed E-state index contributed by atoms with van der Waals surface area (Å²) in [4.78, 5) is 12.2. The van der Waals surface area contributed by atoms with Crippen molar-refractivity contribution in [3.8, 4) is 0 Å². The summed E-state index contributed by atoms with van der Waals surface area (Å²) in [6.07, 6.45) is 8.19. The van der Waals surface area contributed by atoms with Gasteiger partial charge in [-0.1, -0.05) is 25.7 Å². The van der Waals surface area contributed by atoms with Crippen molar-refractivity contribution in [3.63, 3.8) is 0 Å². The van der Waals surface area contributed by atoms with Gasteiger partial charge in [0, 0.05) is 6.42 Å². The van der Waals surface area contributed by atoms with Crippen molar-refractivity contribution >= 4 is 17.3 Å². The fourth-order valence-electron chi connectivity index (χ4n) is 2.98. The zero-order valence-corrected chi connectivity index (χ0v) is 12.7. The number of carbonyl (C=O) groups is 1. The van der Waals surface area contributed by atoms with Crippen molar-refractivity contribution < 1.29 is 4.79 Å². The van der Waals surface area contributed by atoms with Crippen LogP contribution >= 0.6 is 0 Å². The van der Waals surface area contributed by atoms with E-state index >= 15 is 0 Å². The molecule has 0 radical (unpaired) electrons. The maximum Gasteiger partial charge on any atom is 0.224 e. The van der Waals surface area contributed by atoms with E-state index in [0.29, 0.717) is 18.0 Å². The zero-order valence-electron chi connectivity index (χ0n) is 12.7. The Morgan fingerprint density at radius 1 is 1.15 bits per heavy atom. The van der Waals surface area contributed by atoms with Gasteiger partial charge in [0.2, 0.25) is 5.91 Å². The van der Waals surface area contributed by atoms with E-state index < -0.39 is 0 Å². The van der Waals surface area contributed by atoms with E-state index in [0.717, 1.165) is 16.8 Å². The van der Waals surface area contributed by atoms with E-state index in [-0.39, 0.29) is 5.91 Å². The standard InChI is InChI=1S/C17H26N2O/c1-12-9-15(18)16(10-13(12)2)19-17(20)11-14-7-5-3-4-6-8-14/h9-10,14H,3-8,11,18H2,1-2H3,(H,19,20). The second-order valence-corrected chi connectivity index (χ2v) is 6.13. The van der Waals surface area contributed by atoms with Gasteiger partial charge in [-0.05, 0) is 55.9 Å². The molecule has 0 aliphatic heterocycles. The van der Waals surface area contributed by atoms with Crippen LogP contribution in [0.4, 0.5) is 11.4 Å². The first-order chi connectivity index (χ1) is 9.56. The Balaban J connectivity index is 1.95. The summed E-state index contributed by atoms with van der Waals surface area (Å²) >= 11 is 0. The van der Waals surface area contributed by atoms with E-state index in [1.807, 2.05) is 26.0 Å². The molecule has 0 bridgehead atoms. The van der Waals surface area contributed by atoms with Gasteiger partial charge in [-0.2, -0.15) is 0 Å². The highest BCUT2D eigenvalue weighted by Gasteiger charge is 2.16. The Bertz CT molecular complexity index is 474. The third-order valence-electron chi connectivity index (χ3n) is 4.39. The highest BCUT2D eigenvalue weighted by molar-refractivity contribution is 5.94. The molecule has 0 spiro atoms. The number of anilines is 2. The molecule has 1 fully saturated rings. The Morgan fingerprint density at radius 3 is 2.40 bits per heavy atom. The highest BCUT2D eigenvalue weighted by Crippen LogP contribution is 2.27. The second-order valence-electron chi connectivity index (χ2n) is 6.13. The van der Waals surface area contributed by atoms with Crippen LogP contribution in [0.1, 0.15) is 56.1 Å². The van der Waals surface area contributed by atoms with Crippen molar-refractivity contribution in [3.05, 3.63) is 23.3 Å². The lowest BCUT2D eigenvalue weighted by atomic mass is 9.96. The predicted molar refractivity (Wildman–Crippen MR) is 84.8 cm³/mol.